The van der Waals surface area contributed by atoms with Gasteiger partial charge in [-0.1, -0.05) is 0 Å². The van der Waals surface area contributed by atoms with Gasteiger partial charge in [0.05, 0.1) is 16.2 Å². The molecule has 88 valence electrons. The first-order valence-electron chi connectivity index (χ1n) is 4.80. The third-order valence-corrected chi connectivity index (χ3v) is 3.28. The van der Waals surface area contributed by atoms with E-state index in [2.05, 4.69) is 26.2 Å². The van der Waals surface area contributed by atoms with E-state index >= 15 is 0 Å². The van der Waals surface area contributed by atoms with E-state index < -0.39 is 6.04 Å². The molecule has 0 aromatic carbocycles. The third kappa shape index (κ3) is 4.11. The maximum Gasteiger partial charge on any atom is 0.241 e. The third-order valence-electron chi connectivity index (χ3n) is 2.00. The average molecular weight is 304 g/mol. The fraction of sp³-hybridized carbons (Fsp3) is 0.400. The highest BCUT2D eigenvalue weighted by Crippen LogP contribution is 2.20. The average Bonchev–Trinajstić information content (AvgIpc) is 2.28. The molecular formula is C10H14BrN3OS. The van der Waals surface area contributed by atoms with Gasteiger partial charge < -0.3 is 11.1 Å². The second kappa shape index (κ2) is 6.88. The Kier molecular flexibility index (Phi) is 5.79. The number of carbonyl (C=O) groups excluding carboxylic acids is 1. The van der Waals surface area contributed by atoms with Gasteiger partial charge in [-0.3, -0.25) is 9.78 Å². The Labute approximate surface area is 108 Å². The Morgan fingerprint density at radius 2 is 2.50 bits per heavy atom. The van der Waals surface area contributed by atoms with E-state index in [-0.39, 0.29) is 5.91 Å². The zero-order chi connectivity index (χ0) is 12.0. The number of nitrogens with zero attached hydrogens (tertiary/aromatic N) is 1. The molecule has 0 fully saturated rings. The number of halogens is 1. The zero-order valence-electron chi connectivity index (χ0n) is 8.94. The van der Waals surface area contributed by atoms with Crippen LogP contribution in [-0.4, -0.2) is 28.9 Å². The summed E-state index contributed by atoms with van der Waals surface area (Å²) in [5, 5.41) is 2.76. The maximum atomic E-state index is 11.7. The van der Waals surface area contributed by atoms with Gasteiger partial charge in [0.2, 0.25) is 5.91 Å². The highest BCUT2D eigenvalue weighted by atomic mass is 79.9. The van der Waals surface area contributed by atoms with Crippen LogP contribution in [0.4, 0.5) is 5.69 Å². The van der Waals surface area contributed by atoms with E-state index in [4.69, 9.17) is 5.73 Å². The van der Waals surface area contributed by atoms with Gasteiger partial charge in [-0.15, -0.1) is 0 Å². The molecule has 0 aliphatic carbocycles. The van der Waals surface area contributed by atoms with Gasteiger partial charge in [-0.25, -0.2) is 0 Å². The molecule has 0 saturated heterocycles. The lowest BCUT2D eigenvalue weighted by Crippen LogP contribution is -2.36. The van der Waals surface area contributed by atoms with Crippen LogP contribution in [0.2, 0.25) is 0 Å². The predicted molar refractivity (Wildman–Crippen MR) is 71.5 cm³/mol. The van der Waals surface area contributed by atoms with Crippen molar-refractivity contribution in [2.24, 2.45) is 5.73 Å². The summed E-state index contributed by atoms with van der Waals surface area (Å²) < 4.78 is 0.750. The van der Waals surface area contributed by atoms with Gasteiger partial charge in [0.1, 0.15) is 0 Å². The molecule has 1 aromatic heterocycles. The fourth-order valence-corrected chi connectivity index (χ4v) is 1.92. The summed E-state index contributed by atoms with van der Waals surface area (Å²) in [6.45, 7) is 0. The van der Waals surface area contributed by atoms with E-state index in [1.807, 2.05) is 6.26 Å². The van der Waals surface area contributed by atoms with Crippen molar-refractivity contribution in [3.05, 3.63) is 22.9 Å². The highest BCUT2D eigenvalue weighted by Gasteiger charge is 2.13. The van der Waals surface area contributed by atoms with Crippen LogP contribution < -0.4 is 11.1 Å². The van der Waals surface area contributed by atoms with Crippen LogP contribution in [0.3, 0.4) is 0 Å². The number of pyridine rings is 1. The first-order valence-corrected chi connectivity index (χ1v) is 6.98. The minimum Gasteiger partial charge on any atom is -0.324 e. The Balaban J connectivity index is 2.54. The number of amides is 1. The molecule has 1 atom stereocenters. The topological polar surface area (TPSA) is 68.0 Å². The summed E-state index contributed by atoms with van der Waals surface area (Å²) in [4.78, 5) is 15.6. The van der Waals surface area contributed by atoms with Gasteiger partial charge >= 0.3 is 0 Å². The molecule has 1 heterocycles. The first kappa shape index (κ1) is 13.5. The Morgan fingerprint density at radius 1 is 1.75 bits per heavy atom. The second-order valence-corrected chi connectivity index (χ2v) is 5.07. The normalized spacial score (nSPS) is 12.2. The van der Waals surface area contributed by atoms with Crippen molar-refractivity contribution < 1.29 is 4.79 Å². The largest absolute Gasteiger partial charge is 0.324 e. The number of hydrogen-bond acceptors (Lipinski definition) is 4. The molecule has 0 bridgehead atoms. The van der Waals surface area contributed by atoms with Gasteiger partial charge in [-0.2, -0.15) is 11.8 Å². The van der Waals surface area contributed by atoms with E-state index in [9.17, 15) is 4.79 Å². The zero-order valence-corrected chi connectivity index (χ0v) is 11.3. The number of nitrogens with two attached hydrogens (primary N) is 1. The SMILES string of the molecule is CSCC[C@H](N)C(=O)Nc1ccncc1Br. The quantitative estimate of drug-likeness (QED) is 0.871. The molecular weight excluding hydrogens is 290 g/mol. The molecule has 1 amide bonds. The number of hydrogen-bond donors (Lipinski definition) is 2. The van der Waals surface area contributed by atoms with Crippen LogP contribution in [-0.2, 0) is 4.79 Å². The molecule has 0 radical (unpaired) electrons. The molecule has 3 N–H and O–H groups in total. The minimum absolute atomic E-state index is 0.166. The molecule has 0 spiro atoms. The van der Waals surface area contributed by atoms with E-state index in [1.54, 1.807) is 30.2 Å². The van der Waals surface area contributed by atoms with Crippen molar-refractivity contribution in [1.29, 1.82) is 0 Å². The summed E-state index contributed by atoms with van der Waals surface area (Å²) in [6.07, 6.45) is 5.91. The van der Waals surface area contributed by atoms with E-state index in [0.717, 1.165) is 10.2 Å². The number of anilines is 1. The van der Waals surface area contributed by atoms with Gasteiger partial charge in [0.25, 0.3) is 0 Å². The van der Waals surface area contributed by atoms with Crippen molar-refractivity contribution in [2.75, 3.05) is 17.3 Å². The molecule has 0 aliphatic rings. The van der Waals surface area contributed by atoms with E-state index in [1.165, 1.54) is 0 Å². The number of aromatic nitrogens is 1. The van der Waals surface area contributed by atoms with Crippen LogP contribution >= 0.6 is 27.7 Å². The van der Waals surface area contributed by atoms with Crippen molar-refractivity contribution >= 4 is 39.3 Å². The first-order chi connectivity index (χ1) is 7.65. The van der Waals surface area contributed by atoms with Crippen LogP contribution in [0.5, 0.6) is 0 Å². The molecule has 0 unspecified atom stereocenters. The van der Waals surface area contributed by atoms with Crippen LogP contribution in [0.15, 0.2) is 22.9 Å². The molecule has 16 heavy (non-hydrogen) atoms. The van der Waals surface area contributed by atoms with Crippen molar-refractivity contribution in [2.45, 2.75) is 12.5 Å². The second-order valence-electron chi connectivity index (χ2n) is 3.23. The number of rotatable bonds is 5. The summed E-state index contributed by atoms with van der Waals surface area (Å²) in [7, 11) is 0. The Hall–Kier alpha value is -0.590. The maximum absolute atomic E-state index is 11.7. The summed E-state index contributed by atoms with van der Waals surface area (Å²) in [5.41, 5.74) is 6.44. The summed E-state index contributed by atoms with van der Waals surface area (Å²) in [6, 6.07) is 1.26. The standard InChI is InChI=1S/C10H14BrN3OS/c1-16-5-3-8(12)10(15)14-9-2-4-13-6-7(9)11/h2,4,6,8H,3,5,12H2,1H3,(H,13,14,15)/t8-/m0/s1. The van der Waals surface area contributed by atoms with Gasteiger partial charge in [0.15, 0.2) is 0 Å². The fourth-order valence-electron chi connectivity index (χ4n) is 1.08. The molecule has 6 heteroatoms. The molecule has 1 aromatic rings. The minimum atomic E-state index is -0.465. The van der Waals surface area contributed by atoms with Crippen LogP contribution in [0.1, 0.15) is 6.42 Å². The molecule has 0 aliphatic heterocycles. The van der Waals surface area contributed by atoms with Crippen LogP contribution in [0.25, 0.3) is 0 Å². The Bertz CT molecular complexity index is 362. The van der Waals surface area contributed by atoms with Crippen molar-refractivity contribution in [3.63, 3.8) is 0 Å². The van der Waals surface area contributed by atoms with E-state index in [0.29, 0.717) is 12.1 Å². The molecule has 4 nitrogen and oxygen atoms in total. The van der Waals surface area contributed by atoms with Crippen molar-refractivity contribution in [3.8, 4) is 0 Å². The van der Waals surface area contributed by atoms with Gasteiger partial charge in [-0.05, 0) is 40.4 Å². The lowest BCUT2D eigenvalue weighted by Gasteiger charge is -2.12. The predicted octanol–water partition coefficient (Wildman–Crippen LogP) is 1.86. The van der Waals surface area contributed by atoms with Crippen molar-refractivity contribution in [1.82, 2.24) is 4.98 Å². The monoisotopic (exact) mass is 303 g/mol. The Morgan fingerprint density at radius 3 is 3.12 bits per heavy atom. The smallest absolute Gasteiger partial charge is 0.241 e. The molecule has 0 saturated carbocycles. The lowest BCUT2D eigenvalue weighted by molar-refractivity contribution is -0.117. The molecule has 1 rings (SSSR count). The van der Waals surface area contributed by atoms with Crippen LogP contribution in [0, 0.1) is 0 Å². The lowest BCUT2D eigenvalue weighted by atomic mass is 10.2. The number of carbonyl (C=O) groups is 1. The van der Waals surface area contributed by atoms with Gasteiger partial charge in [0, 0.05) is 12.4 Å². The summed E-state index contributed by atoms with van der Waals surface area (Å²) >= 11 is 4.98. The number of nitrogens with one attached hydrogen (secondary N) is 1. The summed E-state index contributed by atoms with van der Waals surface area (Å²) in [5.74, 6) is 0.715. The number of thioether (sulfide) groups is 1. The highest BCUT2D eigenvalue weighted by molar-refractivity contribution is 9.10.